The van der Waals surface area contributed by atoms with Crippen LogP contribution >= 0.6 is 11.6 Å². The van der Waals surface area contributed by atoms with Crippen LogP contribution in [0.15, 0.2) is 36.4 Å². The van der Waals surface area contributed by atoms with Gasteiger partial charge in [0.2, 0.25) is 0 Å². The molecule has 0 aliphatic carbocycles. The Morgan fingerprint density at radius 1 is 1.07 bits per heavy atom. The predicted octanol–water partition coefficient (Wildman–Crippen LogP) is 4.53. The van der Waals surface area contributed by atoms with Crippen LogP contribution in [-0.4, -0.2) is 25.2 Å². The van der Waals surface area contributed by atoms with Crippen LogP contribution in [0.25, 0.3) is 0 Å². The molecule has 0 heterocycles. The van der Waals surface area contributed by atoms with E-state index in [1.807, 2.05) is 45.0 Å². The van der Waals surface area contributed by atoms with E-state index >= 15 is 0 Å². The van der Waals surface area contributed by atoms with Gasteiger partial charge in [0.05, 0.1) is 13.2 Å². The van der Waals surface area contributed by atoms with Gasteiger partial charge in [0, 0.05) is 11.6 Å². The highest BCUT2D eigenvalue weighted by atomic mass is 35.5. The first kappa shape index (κ1) is 20.9. The van der Waals surface area contributed by atoms with Gasteiger partial charge >= 0.3 is 0 Å². The molecule has 0 radical (unpaired) electrons. The van der Waals surface area contributed by atoms with E-state index in [0.717, 1.165) is 11.1 Å². The molecule has 0 spiro atoms. The molecule has 1 N–H and O–H groups in total. The van der Waals surface area contributed by atoms with Gasteiger partial charge in [0.15, 0.2) is 17.6 Å². The van der Waals surface area contributed by atoms with Crippen LogP contribution in [0.2, 0.25) is 5.02 Å². The topological polar surface area (TPSA) is 56.8 Å². The fourth-order valence-corrected chi connectivity index (χ4v) is 2.57. The van der Waals surface area contributed by atoms with Crippen LogP contribution in [0.1, 0.15) is 31.9 Å². The lowest BCUT2D eigenvalue weighted by Crippen LogP contribution is -2.35. The molecule has 146 valence electrons. The van der Waals surface area contributed by atoms with Crippen molar-refractivity contribution in [2.24, 2.45) is 0 Å². The van der Waals surface area contributed by atoms with Gasteiger partial charge in [-0.05, 0) is 69.2 Å². The molecule has 0 aromatic heterocycles. The minimum atomic E-state index is -0.629. The minimum absolute atomic E-state index is 0.0546. The highest BCUT2D eigenvalue weighted by Crippen LogP contribution is 2.29. The second kappa shape index (κ2) is 9.51. The molecule has 0 aliphatic rings. The quantitative estimate of drug-likeness (QED) is 0.718. The average Bonchev–Trinajstić information content (AvgIpc) is 2.63. The molecular weight excluding hydrogens is 366 g/mol. The number of hydrogen-bond donors (Lipinski definition) is 1. The Balaban J connectivity index is 1.94. The van der Waals surface area contributed by atoms with E-state index < -0.39 is 6.10 Å². The Kier molecular flexibility index (Phi) is 7.36. The normalized spacial score (nSPS) is 11.8. The third kappa shape index (κ3) is 6.07. The van der Waals surface area contributed by atoms with E-state index in [1.54, 1.807) is 26.2 Å². The Bertz CT molecular complexity index is 792. The zero-order valence-electron chi connectivity index (χ0n) is 16.3. The van der Waals surface area contributed by atoms with E-state index in [4.69, 9.17) is 25.8 Å². The van der Waals surface area contributed by atoms with Gasteiger partial charge < -0.3 is 19.5 Å². The van der Waals surface area contributed by atoms with Crippen LogP contribution in [0.4, 0.5) is 0 Å². The van der Waals surface area contributed by atoms with Crippen LogP contribution in [0.3, 0.4) is 0 Å². The Labute approximate surface area is 165 Å². The summed E-state index contributed by atoms with van der Waals surface area (Å²) in [4.78, 5) is 12.3. The predicted molar refractivity (Wildman–Crippen MR) is 107 cm³/mol. The molecule has 5 nitrogen and oxygen atoms in total. The van der Waals surface area contributed by atoms with Crippen molar-refractivity contribution in [3.63, 3.8) is 0 Å². The fraction of sp³-hybridized carbons (Fsp3) is 0.381. The Hall–Kier alpha value is -2.40. The van der Waals surface area contributed by atoms with Gasteiger partial charge in [-0.25, -0.2) is 0 Å². The number of carbonyl (C=O) groups excluding carboxylic acids is 1. The van der Waals surface area contributed by atoms with Gasteiger partial charge in [-0.3, -0.25) is 4.79 Å². The lowest BCUT2D eigenvalue weighted by Gasteiger charge is -2.17. The standard InChI is InChI=1S/C21H26ClNO4/c1-13(2)26-19-9-6-16(11-20(19)25-5)12-23-21(24)15(4)27-17-7-8-18(22)14(3)10-17/h6-11,13,15H,12H2,1-5H3,(H,23,24)/t15-/m0/s1. The Morgan fingerprint density at radius 3 is 2.44 bits per heavy atom. The summed E-state index contributed by atoms with van der Waals surface area (Å²) in [5.41, 5.74) is 1.81. The number of hydrogen-bond acceptors (Lipinski definition) is 4. The van der Waals surface area contributed by atoms with E-state index in [1.165, 1.54) is 0 Å². The molecule has 6 heteroatoms. The second-order valence-electron chi connectivity index (χ2n) is 6.54. The second-order valence-corrected chi connectivity index (χ2v) is 6.95. The van der Waals surface area contributed by atoms with Gasteiger partial charge in [-0.1, -0.05) is 17.7 Å². The van der Waals surface area contributed by atoms with Crippen molar-refractivity contribution in [3.8, 4) is 17.2 Å². The van der Waals surface area contributed by atoms with Gasteiger partial charge in [-0.15, -0.1) is 0 Å². The summed E-state index contributed by atoms with van der Waals surface area (Å²) in [5.74, 6) is 1.72. The molecule has 0 saturated carbocycles. The van der Waals surface area contributed by atoms with Gasteiger partial charge in [-0.2, -0.15) is 0 Å². The van der Waals surface area contributed by atoms with Gasteiger partial charge in [0.25, 0.3) is 5.91 Å². The molecule has 0 unspecified atom stereocenters. The van der Waals surface area contributed by atoms with Crippen molar-refractivity contribution >= 4 is 17.5 Å². The molecule has 0 bridgehead atoms. The minimum Gasteiger partial charge on any atom is -0.493 e. The molecule has 0 fully saturated rings. The number of nitrogens with one attached hydrogen (secondary N) is 1. The largest absolute Gasteiger partial charge is 0.493 e. The number of aryl methyl sites for hydroxylation is 1. The van der Waals surface area contributed by atoms with E-state index in [2.05, 4.69) is 5.32 Å². The zero-order chi connectivity index (χ0) is 20.0. The maximum Gasteiger partial charge on any atom is 0.261 e. The summed E-state index contributed by atoms with van der Waals surface area (Å²) >= 11 is 6.01. The smallest absolute Gasteiger partial charge is 0.261 e. The van der Waals surface area contributed by atoms with Gasteiger partial charge in [0.1, 0.15) is 5.75 Å². The number of carbonyl (C=O) groups is 1. The van der Waals surface area contributed by atoms with Crippen molar-refractivity contribution in [3.05, 3.63) is 52.5 Å². The Morgan fingerprint density at radius 2 is 1.81 bits per heavy atom. The highest BCUT2D eigenvalue weighted by molar-refractivity contribution is 6.31. The molecule has 1 amide bonds. The number of amides is 1. The van der Waals surface area contributed by atoms with Crippen molar-refractivity contribution < 1.29 is 19.0 Å². The first-order valence-electron chi connectivity index (χ1n) is 8.84. The van der Waals surface area contributed by atoms with Crippen LogP contribution in [-0.2, 0) is 11.3 Å². The fourth-order valence-electron chi connectivity index (χ4n) is 2.45. The third-order valence-corrected chi connectivity index (χ3v) is 4.29. The van der Waals surface area contributed by atoms with Crippen molar-refractivity contribution in [1.82, 2.24) is 5.32 Å². The average molecular weight is 392 g/mol. The highest BCUT2D eigenvalue weighted by Gasteiger charge is 2.15. The van der Waals surface area contributed by atoms with Crippen LogP contribution < -0.4 is 19.5 Å². The number of halogens is 1. The van der Waals surface area contributed by atoms with Crippen molar-refractivity contribution in [2.45, 2.75) is 46.4 Å². The monoisotopic (exact) mass is 391 g/mol. The first-order valence-corrected chi connectivity index (χ1v) is 9.22. The van der Waals surface area contributed by atoms with Crippen molar-refractivity contribution in [1.29, 1.82) is 0 Å². The summed E-state index contributed by atoms with van der Waals surface area (Å²) in [6.45, 7) is 7.87. The first-order chi connectivity index (χ1) is 12.8. The molecule has 2 aromatic rings. The molecule has 0 saturated heterocycles. The van der Waals surface area contributed by atoms with Crippen molar-refractivity contribution in [2.75, 3.05) is 7.11 Å². The summed E-state index contributed by atoms with van der Waals surface area (Å²) in [5, 5.41) is 3.54. The number of rotatable bonds is 8. The van der Waals surface area contributed by atoms with E-state index in [9.17, 15) is 4.79 Å². The van der Waals surface area contributed by atoms with Crippen LogP contribution in [0.5, 0.6) is 17.2 Å². The molecular formula is C21H26ClNO4. The lowest BCUT2D eigenvalue weighted by atomic mass is 10.2. The van der Waals surface area contributed by atoms with E-state index in [-0.39, 0.29) is 12.0 Å². The number of benzene rings is 2. The molecule has 2 rings (SSSR count). The van der Waals surface area contributed by atoms with E-state index in [0.29, 0.717) is 28.8 Å². The SMILES string of the molecule is COc1cc(CNC(=O)[C@H](C)Oc2ccc(Cl)c(C)c2)ccc1OC(C)C. The molecule has 0 aliphatic heterocycles. The summed E-state index contributed by atoms with van der Waals surface area (Å²) < 4.78 is 16.8. The molecule has 1 atom stereocenters. The number of ether oxygens (including phenoxy) is 3. The van der Waals surface area contributed by atoms with Crippen LogP contribution in [0, 0.1) is 6.92 Å². The zero-order valence-corrected chi connectivity index (χ0v) is 17.1. The molecule has 2 aromatic carbocycles. The summed E-state index contributed by atoms with van der Waals surface area (Å²) in [7, 11) is 1.59. The lowest BCUT2D eigenvalue weighted by molar-refractivity contribution is -0.127. The third-order valence-electron chi connectivity index (χ3n) is 3.87. The summed E-state index contributed by atoms with van der Waals surface area (Å²) in [6, 6.07) is 10.9. The maximum absolute atomic E-state index is 12.3. The molecule has 27 heavy (non-hydrogen) atoms. The number of methoxy groups -OCH3 is 1. The maximum atomic E-state index is 12.3. The summed E-state index contributed by atoms with van der Waals surface area (Å²) in [6.07, 6.45) is -0.574.